The zero-order valence-corrected chi connectivity index (χ0v) is 13.2. The van der Waals surface area contributed by atoms with Gasteiger partial charge < -0.3 is 10.6 Å². The maximum atomic E-state index is 4.39. The van der Waals surface area contributed by atoms with Crippen molar-refractivity contribution in [2.75, 3.05) is 10.6 Å². The molecular formula is C16H21N7. The van der Waals surface area contributed by atoms with Crippen LogP contribution in [-0.4, -0.2) is 37.2 Å². The fraction of sp³-hybridized carbons (Fsp3) is 0.562. The van der Waals surface area contributed by atoms with Gasteiger partial charge in [-0.1, -0.05) is 0 Å². The number of hydrogen-bond acceptors (Lipinski definition) is 7. The molecule has 0 bridgehead atoms. The second-order valence-corrected chi connectivity index (χ2v) is 6.56. The van der Waals surface area contributed by atoms with Gasteiger partial charge in [-0.2, -0.15) is 0 Å². The number of aromatic nitrogens is 5. The van der Waals surface area contributed by atoms with Crippen molar-refractivity contribution >= 4 is 11.9 Å². The first-order valence-corrected chi connectivity index (χ1v) is 8.27. The van der Waals surface area contributed by atoms with Crippen molar-refractivity contribution in [3.05, 3.63) is 29.8 Å². The lowest BCUT2D eigenvalue weighted by Gasteiger charge is -2.14. The fourth-order valence-corrected chi connectivity index (χ4v) is 2.99. The summed E-state index contributed by atoms with van der Waals surface area (Å²) >= 11 is 0. The molecule has 0 aromatic carbocycles. The summed E-state index contributed by atoms with van der Waals surface area (Å²) in [5, 5.41) is 15.3. The number of rotatable bonds is 5. The van der Waals surface area contributed by atoms with Gasteiger partial charge in [-0.15, -0.1) is 10.2 Å². The second kappa shape index (κ2) is 6.06. The minimum absolute atomic E-state index is 0.367. The first-order valence-electron chi connectivity index (χ1n) is 8.27. The third-order valence-corrected chi connectivity index (χ3v) is 4.45. The van der Waals surface area contributed by atoms with Crippen LogP contribution in [0.3, 0.4) is 0 Å². The maximum absolute atomic E-state index is 4.39. The second-order valence-electron chi connectivity index (χ2n) is 6.56. The van der Waals surface area contributed by atoms with E-state index in [9.17, 15) is 0 Å². The van der Waals surface area contributed by atoms with E-state index < -0.39 is 0 Å². The summed E-state index contributed by atoms with van der Waals surface area (Å²) in [6.45, 7) is 1.99. The van der Waals surface area contributed by atoms with Crippen LogP contribution in [0.4, 0.5) is 11.9 Å². The number of nitrogens with one attached hydrogen (secondary N) is 2. The van der Waals surface area contributed by atoms with E-state index in [4.69, 9.17) is 0 Å². The Bertz CT molecular complexity index is 651. The first kappa shape index (κ1) is 14.3. The summed E-state index contributed by atoms with van der Waals surface area (Å²) in [5.74, 6) is 1.93. The Morgan fingerprint density at radius 2 is 1.48 bits per heavy atom. The van der Waals surface area contributed by atoms with E-state index in [0.717, 1.165) is 30.5 Å². The summed E-state index contributed by atoms with van der Waals surface area (Å²) in [7, 11) is 0. The Morgan fingerprint density at radius 3 is 2.09 bits per heavy atom. The number of hydrogen-bond donors (Lipinski definition) is 2. The van der Waals surface area contributed by atoms with Crippen LogP contribution in [0.25, 0.3) is 0 Å². The van der Waals surface area contributed by atoms with Gasteiger partial charge in [0.2, 0.25) is 11.9 Å². The topological polar surface area (TPSA) is 88.5 Å². The molecule has 0 saturated heterocycles. The van der Waals surface area contributed by atoms with E-state index in [1.807, 2.05) is 25.5 Å². The van der Waals surface area contributed by atoms with Gasteiger partial charge in [-0.05, 0) is 44.6 Å². The highest BCUT2D eigenvalue weighted by Crippen LogP contribution is 2.38. The zero-order valence-electron chi connectivity index (χ0n) is 13.2. The van der Waals surface area contributed by atoms with Crippen molar-refractivity contribution in [1.29, 1.82) is 0 Å². The maximum Gasteiger partial charge on any atom is 0.242 e. The van der Waals surface area contributed by atoms with Crippen molar-refractivity contribution < 1.29 is 0 Å². The molecule has 4 rings (SSSR count). The standard InChI is InChI=1S/C16H21N7/c1-10-7-17-15(18-8-10)20-12-4-5-13(6-12)21-16-19-9-14(22-23-16)11-2-3-11/h7-9,11-13H,2-6H2,1H3,(H,17,18,20)(H,19,21,23)/t12-,13-/m0/s1. The van der Waals surface area contributed by atoms with Crippen LogP contribution in [0, 0.1) is 6.92 Å². The smallest absolute Gasteiger partial charge is 0.242 e. The van der Waals surface area contributed by atoms with Crippen LogP contribution in [-0.2, 0) is 0 Å². The molecule has 2 fully saturated rings. The predicted octanol–water partition coefficient (Wildman–Crippen LogP) is 2.29. The van der Waals surface area contributed by atoms with Gasteiger partial charge >= 0.3 is 0 Å². The van der Waals surface area contributed by atoms with Gasteiger partial charge in [-0.25, -0.2) is 15.0 Å². The molecule has 2 aromatic rings. The minimum Gasteiger partial charge on any atom is -0.351 e. The molecule has 0 aliphatic heterocycles. The lowest BCUT2D eigenvalue weighted by molar-refractivity contribution is 0.708. The minimum atomic E-state index is 0.367. The largest absolute Gasteiger partial charge is 0.351 e. The van der Waals surface area contributed by atoms with Crippen LogP contribution in [0.1, 0.15) is 49.3 Å². The molecule has 2 aliphatic carbocycles. The molecule has 120 valence electrons. The fourth-order valence-electron chi connectivity index (χ4n) is 2.99. The molecule has 0 amide bonds. The normalized spacial score (nSPS) is 23.7. The summed E-state index contributed by atoms with van der Waals surface area (Å²) in [5.41, 5.74) is 2.10. The summed E-state index contributed by atoms with van der Waals surface area (Å²) in [6, 6.07) is 0.750. The van der Waals surface area contributed by atoms with Crippen LogP contribution in [0.5, 0.6) is 0 Å². The molecule has 2 aliphatic rings. The summed E-state index contributed by atoms with van der Waals surface area (Å²) in [4.78, 5) is 13.0. The monoisotopic (exact) mass is 311 g/mol. The van der Waals surface area contributed by atoms with Crippen molar-refractivity contribution in [2.45, 2.75) is 57.0 Å². The van der Waals surface area contributed by atoms with E-state index in [-0.39, 0.29) is 0 Å². The van der Waals surface area contributed by atoms with Crippen LogP contribution in [0.15, 0.2) is 18.6 Å². The van der Waals surface area contributed by atoms with Gasteiger partial charge in [0.05, 0.1) is 11.9 Å². The first-order chi connectivity index (χ1) is 11.3. The Morgan fingerprint density at radius 1 is 0.826 bits per heavy atom. The molecule has 0 radical (unpaired) electrons. The van der Waals surface area contributed by atoms with Gasteiger partial charge in [0.25, 0.3) is 0 Å². The Labute approximate surface area is 135 Å². The van der Waals surface area contributed by atoms with E-state index >= 15 is 0 Å². The lowest BCUT2D eigenvalue weighted by atomic mass is 10.2. The summed E-state index contributed by atoms with van der Waals surface area (Å²) < 4.78 is 0. The quantitative estimate of drug-likeness (QED) is 0.875. The Hall–Kier alpha value is -2.31. The van der Waals surface area contributed by atoms with Crippen molar-refractivity contribution in [3.63, 3.8) is 0 Å². The van der Waals surface area contributed by atoms with Crippen LogP contribution in [0.2, 0.25) is 0 Å². The van der Waals surface area contributed by atoms with Gasteiger partial charge in [0, 0.05) is 30.4 Å². The van der Waals surface area contributed by atoms with E-state index in [1.54, 1.807) is 0 Å². The molecule has 2 aromatic heterocycles. The Kier molecular flexibility index (Phi) is 3.77. The molecule has 2 N–H and O–H groups in total. The Balaban J connectivity index is 1.30. The molecule has 2 heterocycles. The highest BCUT2D eigenvalue weighted by atomic mass is 15.2. The van der Waals surface area contributed by atoms with E-state index in [1.165, 1.54) is 12.8 Å². The average molecular weight is 311 g/mol. The molecule has 2 atom stereocenters. The molecule has 7 heteroatoms. The molecule has 7 nitrogen and oxygen atoms in total. The van der Waals surface area contributed by atoms with Crippen molar-refractivity contribution in [1.82, 2.24) is 25.1 Å². The number of aryl methyl sites for hydroxylation is 1. The highest BCUT2D eigenvalue weighted by Gasteiger charge is 2.27. The predicted molar refractivity (Wildman–Crippen MR) is 87.2 cm³/mol. The number of anilines is 2. The SMILES string of the molecule is Cc1cnc(N[C@H]2CC[C@H](Nc3ncc(C4CC4)nn3)C2)nc1. The highest BCUT2D eigenvalue weighted by molar-refractivity contribution is 5.29. The van der Waals surface area contributed by atoms with Crippen LogP contribution < -0.4 is 10.6 Å². The van der Waals surface area contributed by atoms with E-state index in [2.05, 4.69) is 35.8 Å². The van der Waals surface area contributed by atoms with Gasteiger partial charge in [0.1, 0.15) is 0 Å². The molecule has 0 unspecified atom stereocenters. The average Bonchev–Trinajstić information content (AvgIpc) is 3.32. The van der Waals surface area contributed by atoms with Crippen molar-refractivity contribution in [2.24, 2.45) is 0 Å². The molecular weight excluding hydrogens is 290 g/mol. The van der Waals surface area contributed by atoms with Gasteiger partial charge in [-0.3, -0.25) is 0 Å². The molecule has 23 heavy (non-hydrogen) atoms. The van der Waals surface area contributed by atoms with Crippen LogP contribution >= 0.6 is 0 Å². The zero-order chi connectivity index (χ0) is 15.6. The van der Waals surface area contributed by atoms with Gasteiger partial charge in [0.15, 0.2) is 0 Å². The lowest BCUT2D eigenvalue weighted by Crippen LogP contribution is -2.22. The summed E-state index contributed by atoms with van der Waals surface area (Å²) in [6.07, 6.45) is 11.1. The molecule has 0 spiro atoms. The third-order valence-electron chi connectivity index (χ3n) is 4.45. The van der Waals surface area contributed by atoms with E-state index in [0.29, 0.717) is 29.9 Å². The number of nitrogens with zero attached hydrogens (tertiary/aromatic N) is 5. The van der Waals surface area contributed by atoms with Crippen molar-refractivity contribution in [3.8, 4) is 0 Å². The molecule has 2 saturated carbocycles. The third kappa shape index (κ3) is 3.55.